The molecule has 0 radical (unpaired) electrons. The molecule has 11 heteroatoms. The minimum absolute atomic E-state index is 0.177. The molecule has 0 spiro atoms. The average molecular weight is 417 g/mol. The minimum atomic E-state index is -4.11. The Kier molecular flexibility index (Phi) is 12.0. The highest BCUT2D eigenvalue weighted by atomic mass is 127. The summed E-state index contributed by atoms with van der Waals surface area (Å²) >= 11 is 1.99. The first-order valence-electron chi connectivity index (χ1n) is 4.93. The van der Waals surface area contributed by atoms with Gasteiger partial charge in [-0.25, -0.2) is 9.65 Å². The van der Waals surface area contributed by atoms with E-state index in [0.717, 1.165) is 0 Å². The molecule has 0 saturated carbocycles. The van der Waals surface area contributed by atoms with E-state index in [9.17, 15) is 4.57 Å². The second kappa shape index (κ2) is 11.1. The molecular weight excluding hydrogens is 400 g/mol. The van der Waals surface area contributed by atoms with Crippen LogP contribution >= 0.6 is 38.2 Å². The Morgan fingerprint density at radius 1 is 1.47 bits per heavy atom. The van der Waals surface area contributed by atoms with Crippen LogP contribution in [0.15, 0.2) is 0 Å². The van der Waals surface area contributed by atoms with Gasteiger partial charge < -0.3 is 18.6 Å². The highest BCUT2D eigenvalue weighted by Crippen LogP contribution is 2.27. The summed E-state index contributed by atoms with van der Waals surface area (Å²) in [6.45, 7) is 2.87. The van der Waals surface area contributed by atoms with E-state index >= 15 is 0 Å². The van der Waals surface area contributed by atoms with Crippen LogP contribution in [0.1, 0.15) is 13.3 Å². The molecule has 0 fully saturated rings. The van der Waals surface area contributed by atoms with Crippen molar-refractivity contribution in [3.8, 4) is 0 Å². The second-order valence-electron chi connectivity index (χ2n) is 2.94. The van der Waals surface area contributed by atoms with Crippen molar-refractivity contribution in [2.24, 2.45) is 0 Å². The first-order valence-corrected chi connectivity index (χ1v) is 11.6. The van der Waals surface area contributed by atoms with E-state index in [-0.39, 0.29) is 13.3 Å². The van der Waals surface area contributed by atoms with E-state index in [1.54, 1.807) is 0 Å². The van der Waals surface area contributed by atoms with Gasteiger partial charge in [-0.15, -0.1) is 0 Å². The predicted molar refractivity (Wildman–Crippen MR) is 76.9 cm³/mol. The normalized spacial score (nSPS) is 13.9. The molecule has 7 nitrogen and oxygen atoms in total. The molecule has 0 aromatic carbocycles. The van der Waals surface area contributed by atoms with Gasteiger partial charge in [0.15, 0.2) is 6.79 Å². The van der Waals surface area contributed by atoms with Crippen molar-refractivity contribution in [3.63, 3.8) is 0 Å². The van der Waals surface area contributed by atoms with Crippen LogP contribution < -0.4 is 5.09 Å². The number of nitrogens with one attached hydrogen (secondary N) is 1. The van der Waals surface area contributed by atoms with E-state index in [1.165, 1.54) is 9.21 Å². The molecule has 0 amide bonds. The zero-order chi connectivity index (χ0) is 13.1. The molecule has 1 atom stereocenters. The number of hydrogen-bond acceptors (Lipinski definition) is 5. The third-order valence-electron chi connectivity index (χ3n) is 1.63. The highest BCUT2D eigenvalue weighted by Gasteiger charge is 2.15. The Morgan fingerprint density at radius 2 is 2.18 bits per heavy atom. The van der Waals surface area contributed by atoms with Gasteiger partial charge in [0, 0.05) is 34.4 Å². The van der Waals surface area contributed by atoms with Gasteiger partial charge in [-0.2, -0.15) is 0 Å². The Labute approximate surface area is 119 Å². The number of halogens is 1. The lowest BCUT2D eigenvalue weighted by Crippen LogP contribution is -2.25. The Bertz CT molecular complexity index is 235. The standard InChI is InChI=1S/C6H17INO6PSSi/c1-2-13-17(14-6-12-16-7)5-3-4-8-15(9,10)11/h17H,2-6H2,1H3,(H3,8,9,10,11). The van der Waals surface area contributed by atoms with Gasteiger partial charge in [0.1, 0.15) is 0 Å². The van der Waals surface area contributed by atoms with E-state index in [2.05, 4.69) is 5.09 Å². The minimum Gasteiger partial charge on any atom is -0.397 e. The maximum Gasteiger partial charge on any atom is 0.400 e. The monoisotopic (exact) mass is 417 g/mol. The molecule has 0 aliphatic rings. The van der Waals surface area contributed by atoms with Gasteiger partial charge in [-0.1, -0.05) is 0 Å². The van der Waals surface area contributed by atoms with Crippen LogP contribution in [0, 0.1) is 0 Å². The first-order chi connectivity index (χ1) is 7.99. The van der Waals surface area contributed by atoms with Crippen LogP contribution in [0.3, 0.4) is 0 Å². The Balaban J connectivity index is 3.65. The van der Waals surface area contributed by atoms with E-state index < -0.39 is 17.0 Å². The molecule has 0 heterocycles. The van der Waals surface area contributed by atoms with Gasteiger partial charge in [-0.05, 0) is 19.4 Å². The van der Waals surface area contributed by atoms with Crippen molar-refractivity contribution in [1.29, 1.82) is 0 Å². The van der Waals surface area contributed by atoms with E-state index in [4.69, 9.17) is 22.8 Å². The number of hydrogen-bond donors (Lipinski definition) is 3. The van der Waals surface area contributed by atoms with Crippen LogP contribution in [-0.4, -0.2) is 39.0 Å². The molecule has 104 valence electrons. The van der Waals surface area contributed by atoms with Gasteiger partial charge in [-0.3, -0.25) is 4.18 Å². The van der Waals surface area contributed by atoms with Crippen molar-refractivity contribution < 1.29 is 27.4 Å². The van der Waals surface area contributed by atoms with Gasteiger partial charge >= 0.3 is 17.0 Å². The molecule has 0 saturated heterocycles. The number of rotatable bonds is 11. The molecule has 0 aliphatic heterocycles. The van der Waals surface area contributed by atoms with Crippen LogP contribution in [0.2, 0.25) is 6.04 Å². The molecule has 0 rings (SSSR count). The maximum atomic E-state index is 10.5. The molecule has 0 aliphatic carbocycles. The van der Waals surface area contributed by atoms with Gasteiger partial charge in [0.05, 0.1) is 9.21 Å². The van der Waals surface area contributed by atoms with Crippen molar-refractivity contribution in [1.82, 2.24) is 5.09 Å². The Hall–Kier alpha value is 1.29. The SMILES string of the molecule is CCO[SiH](CCCNP(=O)(O)O)OCOSI. The zero-order valence-electron chi connectivity index (χ0n) is 9.37. The third kappa shape index (κ3) is 13.5. The molecule has 0 aromatic rings. The molecule has 1 unspecified atom stereocenters. The predicted octanol–water partition coefficient (Wildman–Crippen LogP) is 1.30. The summed E-state index contributed by atoms with van der Waals surface area (Å²) in [5, 5.41) is 2.13. The lowest BCUT2D eigenvalue weighted by Gasteiger charge is -2.15. The van der Waals surface area contributed by atoms with Gasteiger partial charge in [0.25, 0.3) is 0 Å². The van der Waals surface area contributed by atoms with E-state index in [0.29, 0.717) is 19.1 Å². The quantitative estimate of drug-likeness (QED) is 0.116. The first kappa shape index (κ1) is 18.3. The topological polar surface area (TPSA) is 97.3 Å². The fourth-order valence-electron chi connectivity index (χ4n) is 1.02. The average Bonchev–Trinajstić information content (AvgIpc) is 2.23. The summed E-state index contributed by atoms with van der Waals surface area (Å²) in [5.41, 5.74) is 0. The largest absolute Gasteiger partial charge is 0.400 e. The zero-order valence-corrected chi connectivity index (χ0v) is 14.4. The smallest absolute Gasteiger partial charge is 0.397 e. The van der Waals surface area contributed by atoms with Crippen LogP contribution in [0.25, 0.3) is 0 Å². The second-order valence-corrected chi connectivity index (χ2v) is 7.89. The molecule has 0 bridgehead atoms. The van der Waals surface area contributed by atoms with Crippen molar-refractivity contribution in [3.05, 3.63) is 0 Å². The van der Waals surface area contributed by atoms with Crippen LogP contribution in [0.5, 0.6) is 0 Å². The summed E-state index contributed by atoms with van der Waals surface area (Å²) in [4.78, 5) is 17.2. The highest BCUT2D eigenvalue weighted by molar-refractivity contribution is 14.2. The summed E-state index contributed by atoms with van der Waals surface area (Å²) in [5.74, 6) is 0. The van der Waals surface area contributed by atoms with Crippen LogP contribution in [0.4, 0.5) is 0 Å². The molecule has 0 aromatic heterocycles. The summed E-state index contributed by atoms with van der Waals surface area (Å²) in [6, 6.07) is 0.677. The fourth-order valence-corrected chi connectivity index (χ4v) is 3.53. The molecule has 3 N–H and O–H groups in total. The molecule has 17 heavy (non-hydrogen) atoms. The molecular formula is C6H17INO6PSSi. The van der Waals surface area contributed by atoms with Crippen molar-refractivity contribution in [2.75, 3.05) is 19.9 Å². The van der Waals surface area contributed by atoms with Gasteiger partial charge in [0.2, 0.25) is 0 Å². The fraction of sp³-hybridized carbons (Fsp3) is 1.00. The lowest BCUT2D eigenvalue weighted by atomic mass is 10.5. The van der Waals surface area contributed by atoms with E-state index in [1.807, 2.05) is 28.1 Å². The van der Waals surface area contributed by atoms with Crippen molar-refractivity contribution >= 4 is 47.4 Å². The van der Waals surface area contributed by atoms with Crippen LogP contribution in [-0.2, 0) is 17.6 Å². The lowest BCUT2D eigenvalue weighted by molar-refractivity contribution is 0.103. The summed E-state index contributed by atoms with van der Waals surface area (Å²) < 4.78 is 26.3. The third-order valence-corrected chi connectivity index (χ3v) is 5.31. The maximum absolute atomic E-state index is 10.5. The Morgan fingerprint density at radius 3 is 2.71 bits per heavy atom. The summed E-state index contributed by atoms with van der Waals surface area (Å²) in [6.07, 6.45) is 0.597. The summed E-state index contributed by atoms with van der Waals surface area (Å²) in [7, 11) is -4.71. The van der Waals surface area contributed by atoms with Crippen molar-refractivity contribution in [2.45, 2.75) is 19.4 Å².